The van der Waals surface area contributed by atoms with Crippen molar-refractivity contribution in [1.29, 1.82) is 0 Å². The Morgan fingerprint density at radius 2 is 1.77 bits per heavy atom. The lowest BCUT2D eigenvalue weighted by Gasteiger charge is -2.22. The lowest BCUT2D eigenvalue weighted by Crippen LogP contribution is -2.30. The number of ketones is 2. The lowest BCUT2D eigenvalue weighted by molar-refractivity contribution is -0.149. The van der Waals surface area contributed by atoms with Crippen LogP contribution in [0.3, 0.4) is 0 Å². The Labute approximate surface area is 132 Å². The summed E-state index contributed by atoms with van der Waals surface area (Å²) in [6.45, 7) is 7.53. The van der Waals surface area contributed by atoms with Gasteiger partial charge in [-0.05, 0) is 6.92 Å². The molecule has 22 heavy (non-hydrogen) atoms. The number of rotatable bonds is 10. The van der Waals surface area contributed by atoms with Crippen LogP contribution in [0.1, 0.15) is 47.0 Å². The molecule has 0 aliphatic heterocycles. The average Bonchev–Trinajstić information content (AvgIpc) is 2.40. The third kappa shape index (κ3) is 9.30. The maximum atomic E-state index is 12.2. The Bertz CT molecular complexity index is 425. The summed E-state index contributed by atoms with van der Waals surface area (Å²) in [5, 5.41) is 0. The van der Waals surface area contributed by atoms with E-state index in [1.807, 2.05) is 0 Å². The highest BCUT2D eigenvalue weighted by atomic mass is 16.6. The predicted molar refractivity (Wildman–Crippen MR) is 83.1 cm³/mol. The lowest BCUT2D eigenvalue weighted by atomic mass is 9.80. The second-order valence-electron chi connectivity index (χ2n) is 6.21. The van der Waals surface area contributed by atoms with E-state index >= 15 is 0 Å². The molecule has 0 aromatic heterocycles. The van der Waals surface area contributed by atoms with Crippen LogP contribution < -0.4 is 0 Å². The van der Waals surface area contributed by atoms with Gasteiger partial charge in [-0.1, -0.05) is 20.8 Å². The van der Waals surface area contributed by atoms with Crippen molar-refractivity contribution in [3.05, 3.63) is 0 Å². The van der Waals surface area contributed by atoms with Crippen LogP contribution in [0.2, 0.25) is 0 Å². The zero-order chi connectivity index (χ0) is 17.2. The van der Waals surface area contributed by atoms with Crippen LogP contribution in [-0.4, -0.2) is 37.4 Å². The minimum atomic E-state index is -0.544. The number of carbonyl (C=O) groups is 3. The second kappa shape index (κ2) is 10.1. The van der Waals surface area contributed by atoms with Crippen LogP contribution in [0, 0.1) is 23.7 Å². The number of hydrogen-bond acceptors (Lipinski definition) is 5. The van der Waals surface area contributed by atoms with Gasteiger partial charge in [0.1, 0.15) is 18.2 Å². The molecular formula is C17H26O5. The van der Waals surface area contributed by atoms with Crippen molar-refractivity contribution in [1.82, 2.24) is 0 Å². The molecule has 0 heterocycles. The summed E-state index contributed by atoms with van der Waals surface area (Å²) in [7, 11) is 0. The third-order valence-corrected chi connectivity index (χ3v) is 2.98. The summed E-state index contributed by atoms with van der Waals surface area (Å²) in [6.07, 6.45) is 5.81. The minimum Gasteiger partial charge on any atom is -0.463 e. The molecule has 0 aliphatic carbocycles. The fourth-order valence-corrected chi connectivity index (χ4v) is 1.80. The van der Waals surface area contributed by atoms with E-state index in [4.69, 9.17) is 15.9 Å². The van der Waals surface area contributed by atoms with Gasteiger partial charge in [0.25, 0.3) is 0 Å². The van der Waals surface area contributed by atoms with Gasteiger partial charge in [-0.2, -0.15) is 0 Å². The summed E-state index contributed by atoms with van der Waals surface area (Å²) in [5.41, 5.74) is -0.544. The first-order valence-corrected chi connectivity index (χ1v) is 7.39. The summed E-state index contributed by atoms with van der Waals surface area (Å²) in [6, 6.07) is 0. The van der Waals surface area contributed by atoms with Gasteiger partial charge < -0.3 is 9.47 Å². The Balaban J connectivity index is 4.12. The molecule has 1 unspecified atom stereocenters. The average molecular weight is 310 g/mol. The maximum absolute atomic E-state index is 12.2. The molecular weight excluding hydrogens is 284 g/mol. The van der Waals surface area contributed by atoms with E-state index in [0.717, 1.165) is 0 Å². The summed E-state index contributed by atoms with van der Waals surface area (Å²) in [5.74, 6) is 1.46. The highest BCUT2D eigenvalue weighted by Gasteiger charge is 2.30. The molecule has 0 spiro atoms. The van der Waals surface area contributed by atoms with E-state index in [1.54, 1.807) is 20.8 Å². The molecule has 0 fully saturated rings. The largest absolute Gasteiger partial charge is 0.463 e. The van der Waals surface area contributed by atoms with Gasteiger partial charge in [0.15, 0.2) is 0 Å². The van der Waals surface area contributed by atoms with E-state index in [1.165, 1.54) is 6.92 Å². The first-order valence-electron chi connectivity index (χ1n) is 7.39. The molecule has 0 saturated heterocycles. The Hall–Kier alpha value is -1.67. The normalized spacial score (nSPS) is 12.3. The molecule has 0 aliphatic rings. The first kappa shape index (κ1) is 20.3. The van der Waals surface area contributed by atoms with Crippen molar-refractivity contribution >= 4 is 17.5 Å². The van der Waals surface area contributed by atoms with Crippen LogP contribution in [0.5, 0.6) is 0 Å². The van der Waals surface area contributed by atoms with Crippen molar-refractivity contribution in [3.63, 3.8) is 0 Å². The van der Waals surface area contributed by atoms with Crippen LogP contribution in [0.25, 0.3) is 0 Å². The van der Waals surface area contributed by atoms with Crippen molar-refractivity contribution in [2.45, 2.75) is 47.0 Å². The number of esters is 1. The molecule has 5 nitrogen and oxygen atoms in total. The van der Waals surface area contributed by atoms with E-state index in [9.17, 15) is 14.4 Å². The second-order valence-corrected chi connectivity index (χ2v) is 6.21. The number of terminal acetylenes is 1. The molecule has 5 heteroatoms. The molecule has 0 aromatic carbocycles. The topological polar surface area (TPSA) is 69.7 Å². The Morgan fingerprint density at radius 1 is 1.14 bits per heavy atom. The number of hydrogen-bond donors (Lipinski definition) is 0. The molecule has 1 atom stereocenters. The zero-order valence-corrected chi connectivity index (χ0v) is 13.9. The van der Waals surface area contributed by atoms with Crippen molar-refractivity contribution in [3.8, 4) is 12.3 Å². The van der Waals surface area contributed by atoms with Gasteiger partial charge in [0, 0.05) is 24.2 Å². The third-order valence-electron chi connectivity index (χ3n) is 2.98. The maximum Gasteiger partial charge on any atom is 0.306 e. The van der Waals surface area contributed by atoms with E-state index < -0.39 is 17.3 Å². The van der Waals surface area contributed by atoms with E-state index in [0.29, 0.717) is 13.0 Å². The highest BCUT2D eigenvalue weighted by Crippen LogP contribution is 2.24. The fraction of sp³-hybridized carbons (Fsp3) is 0.706. The van der Waals surface area contributed by atoms with Gasteiger partial charge in [0.05, 0.1) is 19.6 Å². The highest BCUT2D eigenvalue weighted by molar-refractivity contribution is 5.89. The molecule has 0 rings (SSSR count). The Morgan fingerprint density at radius 3 is 2.27 bits per heavy atom. The van der Waals surface area contributed by atoms with Crippen LogP contribution in [0.4, 0.5) is 0 Å². The first-order chi connectivity index (χ1) is 10.2. The molecule has 0 bridgehead atoms. The molecule has 0 aromatic rings. The monoisotopic (exact) mass is 310 g/mol. The van der Waals surface area contributed by atoms with Crippen LogP contribution >= 0.6 is 0 Å². The van der Waals surface area contributed by atoms with Crippen molar-refractivity contribution < 1.29 is 23.9 Å². The van der Waals surface area contributed by atoms with Crippen molar-refractivity contribution in [2.75, 3.05) is 19.8 Å². The SMILES string of the molecule is C#CCC(CC(=O)OCCOCCC(C)=O)C(=O)C(C)(C)C. The predicted octanol–water partition coefficient (Wildman–Crippen LogP) is 2.17. The number of ether oxygens (including phenoxy) is 2. The Kier molecular flexibility index (Phi) is 9.35. The van der Waals surface area contributed by atoms with Crippen molar-refractivity contribution in [2.24, 2.45) is 11.3 Å². The summed E-state index contributed by atoms with van der Waals surface area (Å²) in [4.78, 5) is 34.7. The summed E-state index contributed by atoms with van der Waals surface area (Å²) < 4.78 is 10.2. The van der Waals surface area contributed by atoms with E-state index in [-0.39, 0.29) is 37.6 Å². The fourth-order valence-electron chi connectivity index (χ4n) is 1.80. The number of Topliss-reactive ketones (excluding diaryl/α,β-unsaturated/α-hetero) is 2. The van der Waals surface area contributed by atoms with E-state index in [2.05, 4.69) is 5.92 Å². The van der Waals surface area contributed by atoms with Gasteiger partial charge in [-0.25, -0.2) is 0 Å². The van der Waals surface area contributed by atoms with Gasteiger partial charge in [-0.15, -0.1) is 12.3 Å². The smallest absolute Gasteiger partial charge is 0.306 e. The van der Waals surface area contributed by atoms with Crippen LogP contribution in [-0.2, 0) is 23.9 Å². The molecule has 0 N–H and O–H groups in total. The molecule has 0 radical (unpaired) electrons. The summed E-state index contributed by atoms with van der Waals surface area (Å²) >= 11 is 0. The van der Waals surface area contributed by atoms with Gasteiger partial charge in [0.2, 0.25) is 0 Å². The molecule has 0 saturated carbocycles. The van der Waals surface area contributed by atoms with Gasteiger partial charge in [-0.3, -0.25) is 14.4 Å². The quantitative estimate of drug-likeness (QED) is 0.351. The van der Waals surface area contributed by atoms with Crippen LogP contribution in [0.15, 0.2) is 0 Å². The zero-order valence-electron chi connectivity index (χ0n) is 13.9. The number of carbonyl (C=O) groups excluding carboxylic acids is 3. The van der Waals surface area contributed by atoms with Gasteiger partial charge >= 0.3 is 5.97 Å². The molecule has 0 amide bonds. The molecule has 124 valence electrons. The minimum absolute atomic E-state index is 0.0201. The standard InChI is InChI=1S/C17H26O5/c1-6-7-14(16(20)17(3,4)5)12-15(19)22-11-10-21-9-8-13(2)18/h1,14H,7-12H2,2-5H3.